The first-order valence-electron chi connectivity index (χ1n) is 6.94. The molecule has 0 amide bonds. The first kappa shape index (κ1) is 18.0. The number of rotatable bonds is 4. The van der Waals surface area contributed by atoms with Gasteiger partial charge in [0, 0.05) is 15.7 Å². The molecular weight excluding hydrogens is 398 g/mol. The number of nitrogens with one attached hydrogen (secondary N) is 1. The van der Waals surface area contributed by atoms with E-state index in [0.717, 1.165) is 26.9 Å². The van der Waals surface area contributed by atoms with Crippen LogP contribution in [-0.4, -0.2) is 12.3 Å². The van der Waals surface area contributed by atoms with E-state index < -0.39 is 0 Å². The van der Waals surface area contributed by atoms with Gasteiger partial charge in [0.2, 0.25) is 0 Å². The first-order chi connectivity index (χ1) is 10.9. The second-order valence-corrected chi connectivity index (χ2v) is 6.67. The van der Waals surface area contributed by atoms with Crippen molar-refractivity contribution in [2.45, 2.75) is 20.5 Å². The number of methoxy groups -OCH3 is 1. The van der Waals surface area contributed by atoms with Gasteiger partial charge in [0.25, 0.3) is 5.17 Å². The molecular formula is C17H17BrClNO2S. The molecule has 0 fully saturated rings. The smallest absolute Gasteiger partial charge is 0.260 e. The van der Waals surface area contributed by atoms with E-state index in [4.69, 9.17) is 33.3 Å². The summed E-state index contributed by atoms with van der Waals surface area (Å²) >= 11 is 14.9. The van der Waals surface area contributed by atoms with Crippen molar-refractivity contribution in [1.82, 2.24) is 0 Å². The van der Waals surface area contributed by atoms with Crippen LogP contribution in [0.4, 0.5) is 5.69 Å². The predicted octanol–water partition coefficient (Wildman–Crippen LogP) is 5.64. The largest absolute Gasteiger partial charge is 0.487 e. The number of benzene rings is 2. The maximum Gasteiger partial charge on any atom is 0.260 e. The molecule has 0 aliphatic heterocycles. The van der Waals surface area contributed by atoms with Gasteiger partial charge in [-0.3, -0.25) is 0 Å². The summed E-state index contributed by atoms with van der Waals surface area (Å²) in [5.41, 5.74) is 4.03. The number of ether oxygens (including phenoxy) is 2. The maximum absolute atomic E-state index is 6.26. The molecule has 0 aliphatic rings. The summed E-state index contributed by atoms with van der Waals surface area (Å²) in [5, 5.41) is 3.94. The van der Waals surface area contributed by atoms with E-state index in [1.165, 1.54) is 7.11 Å². The molecule has 0 unspecified atom stereocenters. The quantitative estimate of drug-likeness (QED) is 0.656. The minimum absolute atomic E-state index is 0.300. The zero-order chi connectivity index (χ0) is 17.0. The number of hydrogen-bond donors (Lipinski definition) is 1. The van der Waals surface area contributed by atoms with Crippen LogP contribution in [-0.2, 0) is 11.3 Å². The van der Waals surface area contributed by atoms with Crippen molar-refractivity contribution < 1.29 is 9.47 Å². The number of halogens is 2. The summed E-state index contributed by atoms with van der Waals surface area (Å²) in [6.45, 7) is 4.39. The fraction of sp³-hybridized carbons (Fsp3) is 0.235. The lowest BCUT2D eigenvalue weighted by atomic mass is 10.1. The molecule has 3 nitrogen and oxygen atoms in total. The van der Waals surface area contributed by atoms with E-state index in [-0.39, 0.29) is 0 Å². The Bertz CT molecular complexity index is 737. The third kappa shape index (κ3) is 4.59. The molecule has 0 atom stereocenters. The molecule has 0 heterocycles. The van der Waals surface area contributed by atoms with Gasteiger partial charge in [0.1, 0.15) is 12.4 Å². The molecule has 122 valence electrons. The second kappa shape index (κ2) is 7.99. The van der Waals surface area contributed by atoms with Gasteiger partial charge in [-0.2, -0.15) is 0 Å². The zero-order valence-corrected chi connectivity index (χ0v) is 16.2. The van der Waals surface area contributed by atoms with Crippen LogP contribution in [0.15, 0.2) is 34.8 Å². The lowest BCUT2D eigenvalue weighted by Crippen LogP contribution is -2.13. The Balaban J connectivity index is 2.23. The van der Waals surface area contributed by atoms with Crippen LogP contribution < -0.4 is 10.1 Å². The van der Waals surface area contributed by atoms with Gasteiger partial charge < -0.3 is 14.8 Å². The average Bonchev–Trinajstić information content (AvgIpc) is 2.51. The Kier molecular flexibility index (Phi) is 6.27. The molecule has 23 heavy (non-hydrogen) atoms. The highest BCUT2D eigenvalue weighted by Crippen LogP contribution is 2.31. The molecule has 0 spiro atoms. The minimum Gasteiger partial charge on any atom is -0.487 e. The van der Waals surface area contributed by atoms with E-state index in [1.807, 2.05) is 44.2 Å². The van der Waals surface area contributed by atoms with E-state index in [1.54, 1.807) is 0 Å². The van der Waals surface area contributed by atoms with Crippen LogP contribution in [0.2, 0.25) is 5.02 Å². The number of hydrogen-bond acceptors (Lipinski definition) is 3. The summed E-state index contributed by atoms with van der Waals surface area (Å²) in [5.74, 6) is 0.658. The molecule has 0 saturated heterocycles. The van der Waals surface area contributed by atoms with Gasteiger partial charge >= 0.3 is 0 Å². The molecule has 1 N–H and O–H groups in total. The Morgan fingerprint density at radius 1 is 1.26 bits per heavy atom. The molecule has 2 rings (SSSR count). The normalized spacial score (nSPS) is 10.3. The molecule has 0 radical (unpaired) electrons. The van der Waals surface area contributed by atoms with Crippen LogP contribution in [0, 0.1) is 13.8 Å². The lowest BCUT2D eigenvalue weighted by Gasteiger charge is -2.16. The lowest BCUT2D eigenvalue weighted by molar-refractivity contribution is 0.306. The standard InChI is InChI=1S/C17H17BrClNO2S/c1-10-7-14(19)16(8-11(10)2)22-9-12-13(18)5-4-6-15(12)20-17(23)21-3/h4-8H,9H2,1-3H3,(H,20,23). The van der Waals surface area contributed by atoms with Crippen LogP contribution in [0.5, 0.6) is 5.75 Å². The van der Waals surface area contributed by atoms with Crippen molar-refractivity contribution in [3.63, 3.8) is 0 Å². The molecule has 2 aromatic carbocycles. The maximum atomic E-state index is 6.26. The third-order valence-electron chi connectivity index (χ3n) is 3.46. The van der Waals surface area contributed by atoms with Crippen LogP contribution >= 0.6 is 39.7 Å². The third-order valence-corrected chi connectivity index (χ3v) is 4.77. The molecule has 0 bridgehead atoms. The van der Waals surface area contributed by atoms with E-state index in [2.05, 4.69) is 21.2 Å². The molecule has 0 saturated carbocycles. The summed E-state index contributed by atoms with van der Waals surface area (Å²) in [7, 11) is 1.53. The fourth-order valence-corrected chi connectivity index (χ4v) is 2.86. The SMILES string of the molecule is COC(=S)Nc1cccc(Br)c1COc1cc(C)c(C)cc1Cl. The fourth-order valence-electron chi connectivity index (χ4n) is 2.00. The topological polar surface area (TPSA) is 30.5 Å². The van der Waals surface area contributed by atoms with E-state index in [9.17, 15) is 0 Å². The minimum atomic E-state index is 0.300. The number of thiocarbonyl (C=S) groups is 1. The van der Waals surface area contributed by atoms with Gasteiger partial charge in [-0.15, -0.1) is 0 Å². The summed E-state index contributed by atoms with van der Waals surface area (Å²) in [6.07, 6.45) is 0. The summed E-state index contributed by atoms with van der Waals surface area (Å²) < 4.78 is 11.8. The Morgan fingerprint density at radius 3 is 2.65 bits per heavy atom. The number of aryl methyl sites for hydroxylation is 2. The van der Waals surface area contributed by atoms with E-state index >= 15 is 0 Å². The Morgan fingerprint density at radius 2 is 1.96 bits per heavy atom. The van der Waals surface area contributed by atoms with Crippen LogP contribution in [0.3, 0.4) is 0 Å². The van der Waals surface area contributed by atoms with Gasteiger partial charge in [-0.1, -0.05) is 33.6 Å². The highest BCUT2D eigenvalue weighted by atomic mass is 79.9. The number of anilines is 1. The van der Waals surface area contributed by atoms with Crippen molar-refractivity contribution in [2.24, 2.45) is 0 Å². The average molecular weight is 415 g/mol. The van der Waals surface area contributed by atoms with Gasteiger partial charge in [-0.25, -0.2) is 0 Å². The Hall–Kier alpha value is -1.30. The summed E-state index contributed by atoms with van der Waals surface area (Å²) in [6, 6.07) is 9.63. The van der Waals surface area contributed by atoms with Gasteiger partial charge in [0.15, 0.2) is 0 Å². The molecule has 6 heteroatoms. The van der Waals surface area contributed by atoms with Crippen LogP contribution in [0.1, 0.15) is 16.7 Å². The van der Waals surface area contributed by atoms with Crippen molar-refractivity contribution >= 4 is 50.6 Å². The summed E-state index contributed by atoms with van der Waals surface area (Å²) in [4.78, 5) is 0. The monoisotopic (exact) mass is 413 g/mol. The highest BCUT2D eigenvalue weighted by molar-refractivity contribution is 9.10. The first-order valence-corrected chi connectivity index (χ1v) is 8.52. The van der Waals surface area contributed by atoms with Crippen molar-refractivity contribution in [3.8, 4) is 5.75 Å². The second-order valence-electron chi connectivity index (χ2n) is 5.04. The zero-order valence-electron chi connectivity index (χ0n) is 13.1. The van der Waals surface area contributed by atoms with Crippen molar-refractivity contribution in [1.29, 1.82) is 0 Å². The predicted molar refractivity (Wildman–Crippen MR) is 103 cm³/mol. The Labute approximate surface area is 155 Å². The van der Waals surface area contributed by atoms with Gasteiger partial charge in [0.05, 0.1) is 12.1 Å². The van der Waals surface area contributed by atoms with Crippen molar-refractivity contribution in [2.75, 3.05) is 12.4 Å². The van der Waals surface area contributed by atoms with E-state index in [0.29, 0.717) is 22.6 Å². The van der Waals surface area contributed by atoms with Gasteiger partial charge in [-0.05, 0) is 61.5 Å². The molecule has 0 aliphatic carbocycles. The molecule has 2 aromatic rings. The van der Waals surface area contributed by atoms with Crippen molar-refractivity contribution in [3.05, 3.63) is 56.5 Å². The highest BCUT2D eigenvalue weighted by Gasteiger charge is 2.11. The van der Waals surface area contributed by atoms with Crippen LogP contribution in [0.25, 0.3) is 0 Å². The molecule has 0 aromatic heterocycles.